The first-order chi connectivity index (χ1) is 12.5. The van der Waals surface area contributed by atoms with Gasteiger partial charge in [0.1, 0.15) is 11.6 Å². The van der Waals surface area contributed by atoms with Gasteiger partial charge in [-0.15, -0.1) is 0 Å². The molecule has 3 rings (SSSR count). The first kappa shape index (κ1) is 17.4. The zero-order chi connectivity index (χ0) is 18.7. The average Bonchev–Trinajstić information content (AvgIpc) is 2.64. The monoisotopic (exact) mass is 361 g/mol. The Bertz CT molecular complexity index is 978. The van der Waals surface area contributed by atoms with E-state index in [4.69, 9.17) is 0 Å². The predicted molar refractivity (Wildman–Crippen MR) is 88.2 cm³/mol. The number of para-hydroxylation sites is 1. The minimum atomic E-state index is -1.62. The van der Waals surface area contributed by atoms with Crippen LogP contribution in [-0.2, 0) is 0 Å². The van der Waals surface area contributed by atoms with E-state index in [1.165, 1.54) is 36.5 Å². The average molecular weight is 361 g/mol. The summed E-state index contributed by atoms with van der Waals surface area (Å²) >= 11 is 0. The lowest BCUT2D eigenvalue weighted by atomic mass is 10.2. The lowest BCUT2D eigenvalue weighted by Gasteiger charge is -2.10. The Morgan fingerprint density at radius 2 is 1.62 bits per heavy atom. The van der Waals surface area contributed by atoms with Crippen molar-refractivity contribution in [3.8, 4) is 0 Å². The molecular weight excluding hydrogens is 350 g/mol. The van der Waals surface area contributed by atoms with Gasteiger partial charge in [0.05, 0.1) is 11.4 Å². The van der Waals surface area contributed by atoms with Crippen molar-refractivity contribution in [1.29, 1.82) is 0 Å². The van der Waals surface area contributed by atoms with E-state index in [-0.39, 0.29) is 22.8 Å². The maximum Gasteiger partial charge on any atom is 0.255 e. The first-order valence-electron chi connectivity index (χ1n) is 7.38. The Morgan fingerprint density at radius 1 is 0.846 bits per heavy atom. The SMILES string of the molecule is O=C(Nc1ccccc1F)c1ccnc(Nc2ccc(F)c(F)c2F)c1. The van der Waals surface area contributed by atoms with Crippen LogP contribution in [0.25, 0.3) is 0 Å². The standard InChI is InChI=1S/C18H11F4N3O/c19-11-3-1-2-4-13(11)25-18(26)10-7-8-23-15(9-10)24-14-6-5-12(20)16(21)17(14)22/h1-9H,(H,23,24)(H,25,26). The number of hydrogen-bond donors (Lipinski definition) is 2. The molecule has 0 unspecified atom stereocenters. The Kier molecular flexibility index (Phi) is 4.83. The molecule has 8 heteroatoms. The number of nitrogens with one attached hydrogen (secondary N) is 2. The molecule has 0 aliphatic carbocycles. The van der Waals surface area contributed by atoms with Crippen LogP contribution in [0.3, 0.4) is 0 Å². The zero-order valence-electron chi connectivity index (χ0n) is 13.1. The molecule has 0 aliphatic heterocycles. The normalized spacial score (nSPS) is 10.5. The predicted octanol–water partition coefficient (Wildman–Crippen LogP) is 4.63. The minimum Gasteiger partial charge on any atom is -0.338 e. The molecule has 0 saturated carbocycles. The molecule has 2 N–H and O–H groups in total. The van der Waals surface area contributed by atoms with Crippen molar-refractivity contribution in [1.82, 2.24) is 4.98 Å². The molecule has 0 saturated heterocycles. The van der Waals surface area contributed by atoms with Crippen LogP contribution < -0.4 is 10.6 Å². The minimum absolute atomic E-state index is 0.00419. The second-order valence-electron chi connectivity index (χ2n) is 5.21. The Morgan fingerprint density at radius 3 is 2.38 bits per heavy atom. The molecule has 0 fully saturated rings. The van der Waals surface area contributed by atoms with Crippen LogP contribution in [0.15, 0.2) is 54.7 Å². The second kappa shape index (κ2) is 7.22. The summed E-state index contributed by atoms with van der Waals surface area (Å²) in [5.41, 5.74) is -0.243. The van der Waals surface area contributed by atoms with E-state index < -0.39 is 29.2 Å². The summed E-state index contributed by atoms with van der Waals surface area (Å²) < 4.78 is 53.6. The van der Waals surface area contributed by atoms with Gasteiger partial charge < -0.3 is 10.6 Å². The van der Waals surface area contributed by atoms with Crippen molar-refractivity contribution in [2.24, 2.45) is 0 Å². The number of hydrogen-bond acceptors (Lipinski definition) is 3. The van der Waals surface area contributed by atoms with Crippen molar-refractivity contribution in [3.63, 3.8) is 0 Å². The highest BCUT2D eigenvalue weighted by Gasteiger charge is 2.15. The first-order valence-corrected chi connectivity index (χ1v) is 7.38. The van der Waals surface area contributed by atoms with Crippen LogP contribution in [0, 0.1) is 23.3 Å². The topological polar surface area (TPSA) is 54.0 Å². The van der Waals surface area contributed by atoms with Gasteiger partial charge in [0.2, 0.25) is 0 Å². The van der Waals surface area contributed by atoms with E-state index in [9.17, 15) is 22.4 Å². The van der Waals surface area contributed by atoms with Crippen molar-refractivity contribution in [3.05, 3.63) is 83.6 Å². The summed E-state index contributed by atoms with van der Waals surface area (Å²) in [6.45, 7) is 0. The number of halogens is 4. The number of benzene rings is 2. The second-order valence-corrected chi connectivity index (χ2v) is 5.21. The Hall–Kier alpha value is -3.42. The number of aromatic nitrogens is 1. The molecule has 26 heavy (non-hydrogen) atoms. The molecule has 1 amide bonds. The molecule has 0 spiro atoms. The summed E-state index contributed by atoms with van der Waals surface area (Å²) in [4.78, 5) is 16.1. The van der Waals surface area contributed by atoms with Crippen LogP contribution in [0.1, 0.15) is 10.4 Å². The number of rotatable bonds is 4. The lowest BCUT2D eigenvalue weighted by molar-refractivity contribution is 0.102. The molecule has 0 aliphatic rings. The number of carbonyl (C=O) groups excluding carboxylic acids is 1. The molecule has 2 aromatic carbocycles. The largest absolute Gasteiger partial charge is 0.338 e. The summed E-state index contributed by atoms with van der Waals surface area (Å²) in [7, 11) is 0. The molecule has 0 bridgehead atoms. The maximum atomic E-state index is 13.7. The van der Waals surface area contributed by atoms with Gasteiger partial charge in [-0.2, -0.15) is 0 Å². The van der Waals surface area contributed by atoms with Crippen molar-refractivity contribution < 1.29 is 22.4 Å². The smallest absolute Gasteiger partial charge is 0.255 e. The van der Waals surface area contributed by atoms with E-state index in [0.29, 0.717) is 0 Å². The fraction of sp³-hybridized carbons (Fsp3) is 0. The van der Waals surface area contributed by atoms with Crippen LogP contribution >= 0.6 is 0 Å². The Labute approximate surface area is 145 Å². The molecule has 1 aromatic heterocycles. The summed E-state index contributed by atoms with van der Waals surface area (Å²) in [5, 5.41) is 4.86. The fourth-order valence-corrected chi connectivity index (χ4v) is 2.16. The number of amides is 1. The number of anilines is 3. The van der Waals surface area contributed by atoms with Gasteiger partial charge in [0.25, 0.3) is 5.91 Å². The van der Waals surface area contributed by atoms with E-state index in [2.05, 4.69) is 15.6 Å². The van der Waals surface area contributed by atoms with E-state index in [0.717, 1.165) is 12.1 Å². The van der Waals surface area contributed by atoms with Crippen molar-refractivity contribution in [2.75, 3.05) is 10.6 Å². The quantitative estimate of drug-likeness (QED) is 0.526. The van der Waals surface area contributed by atoms with Crippen molar-refractivity contribution in [2.45, 2.75) is 0 Å². The van der Waals surface area contributed by atoms with Crippen LogP contribution in [-0.4, -0.2) is 10.9 Å². The molecule has 4 nitrogen and oxygen atoms in total. The highest BCUT2D eigenvalue weighted by Crippen LogP contribution is 2.23. The highest BCUT2D eigenvalue weighted by atomic mass is 19.2. The summed E-state index contributed by atoms with van der Waals surface area (Å²) in [6, 6.07) is 10.0. The van der Waals surface area contributed by atoms with E-state index in [1.54, 1.807) is 6.07 Å². The number of carbonyl (C=O) groups is 1. The van der Waals surface area contributed by atoms with Gasteiger partial charge in [-0.25, -0.2) is 22.5 Å². The zero-order valence-corrected chi connectivity index (χ0v) is 13.1. The molecule has 1 heterocycles. The number of pyridine rings is 1. The number of nitrogens with zero attached hydrogens (tertiary/aromatic N) is 1. The van der Waals surface area contributed by atoms with Gasteiger partial charge >= 0.3 is 0 Å². The maximum absolute atomic E-state index is 13.7. The van der Waals surface area contributed by atoms with Gasteiger partial charge in [-0.05, 0) is 36.4 Å². The summed E-state index contributed by atoms with van der Waals surface area (Å²) in [6.07, 6.45) is 1.26. The molecule has 0 radical (unpaired) electrons. The van der Waals surface area contributed by atoms with Crippen LogP contribution in [0.2, 0.25) is 0 Å². The summed E-state index contributed by atoms with van der Waals surface area (Å²) in [5.74, 6) is -5.55. The fourth-order valence-electron chi connectivity index (χ4n) is 2.16. The molecular formula is C18H11F4N3O. The lowest BCUT2D eigenvalue weighted by Crippen LogP contribution is -2.13. The van der Waals surface area contributed by atoms with Crippen LogP contribution in [0.4, 0.5) is 34.8 Å². The molecule has 0 atom stereocenters. The third kappa shape index (κ3) is 3.64. The third-order valence-corrected chi connectivity index (χ3v) is 3.44. The van der Waals surface area contributed by atoms with Gasteiger partial charge in [0.15, 0.2) is 17.5 Å². The molecule has 3 aromatic rings. The van der Waals surface area contributed by atoms with Gasteiger partial charge in [-0.3, -0.25) is 4.79 Å². The highest BCUT2D eigenvalue weighted by molar-refractivity contribution is 6.04. The van der Waals surface area contributed by atoms with Crippen LogP contribution in [0.5, 0.6) is 0 Å². The Balaban J connectivity index is 1.81. The molecule has 132 valence electrons. The van der Waals surface area contributed by atoms with E-state index in [1.807, 2.05) is 0 Å². The van der Waals surface area contributed by atoms with Gasteiger partial charge in [0, 0.05) is 11.8 Å². The van der Waals surface area contributed by atoms with Gasteiger partial charge in [-0.1, -0.05) is 12.1 Å². The van der Waals surface area contributed by atoms with Crippen molar-refractivity contribution >= 4 is 23.1 Å². The third-order valence-electron chi connectivity index (χ3n) is 3.44. The van der Waals surface area contributed by atoms with E-state index >= 15 is 0 Å².